The molecule has 1 saturated carbocycles. The van der Waals surface area contributed by atoms with Crippen molar-refractivity contribution >= 4 is 11.8 Å². The number of amides is 2. The van der Waals surface area contributed by atoms with E-state index < -0.39 is 0 Å². The molecule has 2 heterocycles. The number of morpholine rings is 1. The van der Waals surface area contributed by atoms with Crippen LogP contribution in [-0.2, 0) is 20.7 Å². The number of piperidine rings is 1. The highest BCUT2D eigenvalue weighted by Crippen LogP contribution is 2.47. The minimum atomic E-state index is -0.375. The van der Waals surface area contributed by atoms with Crippen LogP contribution in [0.4, 0.5) is 0 Å². The molecule has 0 spiro atoms. The molecule has 3 aliphatic rings. The highest BCUT2D eigenvalue weighted by molar-refractivity contribution is 5.88. The van der Waals surface area contributed by atoms with Crippen LogP contribution in [0, 0.1) is 5.41 Å². The van der Waals surface area contributed by atoms with E-state index in [-0.39, 0.29) is 23.3 Å². The van der Waals surface area contributed by atoms with Crippen LogP contribution in [0.3, 0.4) is 0 Å². The number of likely N-dealkylation sites (tertiary alicyclic amines) is 1. The molecule has 146 valence electrons. The van der Waals surface area contributed by atoms with Gasteiger partial charge in [-0.2, -0.15) is 0 Å². The van der Waals surface area contributed by atoms with Crippen LogP contribution in [0.25, 0.3) is 0 Å². The monoisotopic (exact) mass is 370 g/mol. The molecule has 2 saturated heterocycles. The first-order chi connectivity index (χ1) is 13.2. The molecule has 2 atom stereocenters. The lowest BCUT2D eigenvalue weighted by molar-refractivity contribution is -0.164. The Bertz CT molecular complexity index is 671. The molecule has 0 N–H and O–H groups in total. The number of benzene rings is 1. The maximum absolute atomic E-state index is 13.6. The number of rotatable bonds is 4. The van der Waals surface area contributed by atoms with Gasteiger partial charge in [0.2, 0.25) is 11.8 Å². The van der Waals surface area contributed by atoms with E-state index in [1.807, 2.05) is 28.0 Å². The van der Waals surface area contributed by atoms with Gasteiger partial charge in [-0.3, -0.25) is 9.59 Å². The maximum atomic E-state index is 13.6. The lowest BCUT2D eigenvalue weighted by Crippen LogP contribution is -2.63. The van der Waals surface area contributed by atoms with E-state index in [0.717, 1.165) is 32.1 Å². The van der Waals surface area contributed by atoms with Gasteiger partial charge in [0, 0.05) is 32.1 Å². The molecule has 4 rings (SSSR count). The molecule has 1 aromatic carbocycles. The Morgan fingerprint density at radius 3 is 2.67 bits per heavy atom. The molecular weight excluding hydrogens is 340 g/mol. The molecule has 2 amide bonds. The molecule has 0 aromatic heterocycles. The number of carbonyl (C=O) groups is 2. The van der Waals surface area contributed by atoms with Crippen LogP contribution >= 0.6 is 0 Å². The Morgan fingerprint density at radius 1 is 1.11 bits per heavy atom. The summed E-state index contributed by atoms with van der Waals surface area (Å²) in [5.74, 6) is 0.496. The first kappa shape index (κ1) is 18.5. The molecule has 0 unspecified atom stereocenters. The predicted molar refractivity (Wildman–Crippen MR) is 103 cm³/mol. The second-order valence-electron chi connectivity index (χ2n) is 8.15. The quantitative estimate of drug-likeness (QED) is 0.819. The minimum absolute atomic E-state index is 0.0616. The molecule has 27 heavy (non-hydrogen) atoms. The van der Waals surface area contributed by atoms with Gasteiger partial charge in [-0.15, -0.1) is 0 Å². The summed E-state index contributed by atoms with van der Waals surface area (Å²) < 4.78 is 5.44. The number of ether oxygens (including phenoxy) is 1. The highest BCUT2D eigenvalue weighted by atomic mass is 16.5. The van der Waals surface area contributed by atoms with E-state index in [1.54, 1.807) is 0 Å². The van der Waals surface area contributed by atoms with Gasteiger partial charge in [-0.05, 0) is 31.2 Å². The van der Waals surface area contributed by atoms with Crippen molar-refractivity contribution in [3.63, 3.8) is 0 Å². The van der Waals surface area contributed by atoms with Gasteiger partial charge >= 0.3 is 0 Å². The van der Waals surface area contributed by atoms with Gasteiger partial charge in [0.05, 0.1) is 18.6 Å². The summed E-state index contributed by atoms with van der Waals surface area (Å²) in [7, 11) is 0. The average Bonchev–Trinajstić information content (AvgIpc) is 2.74. The van der Waals surface area contributed by atoms with Crippen LogP contribution in [0.2, 0.25) is 0 Å². The van der Waals surface area contributed by atoms with Crippen molar-refractivity contribution in [1.29, 1.82) is 0 Å². The van der Waals surface area contributed by atoms with Gasteiger partial charge in [0.15, 0.2) is 0 Å². The Morgan fingerprint density at radius 2 is 1.89 bits per heavy atom. The normalized spacial score (nSPS) is 28.7. The summed E-state index contributed by atoms with van der Waals surface area (Å²) in [5.41, 5.74) is 0.872. The second-order valence-corrected chi connectivity index (χ2v) is 8.15. The number of hydrogen-bond donors (Lipinski definition) is 0. The first-order valence-corrected chi connectivity index (χ1v) is 10.4. The number of hydrogen-bond acceptors (Lipinski definition) is 3. The van der Waals surface area contributed by atoms with Crippen molar-refractivity contribution in [3.8, 4) is 0 Å². The Kier molecular flexibility index (Phi) is 5.48. The largest absolute Gasteiger partial charge is 0.378 e. The smallest absolute Gasteiger partial charge is 0.231 e. The molecule has 0 radical (unpaired) electrons. The number of carbonyl (C=O) groups excluding carboxylic acids is 2. The van der Waals surface area contributed by atoms with Crippen LogP contribution in [-0.4, -0.2) is 60.5 Å². The van der Waals surface area contributed by atoms with Gasteiger partial charge < -0.3 is 14.5 Å². The van der Waals surface area contributed by atoms with Crippen LogP contribution in [0.15, 0.2) is 30.3 Å². The van der Waals surface area contributed by atoms with Crippen LogP contribution in [0.1, 0.15) is 44.1 Å². The molecule has 5 heteroatoms. The third-order valence-electron chi connectivity index (χ3n) is 6.68. The fourth-order valence-corrected chi connectivity index (χ4v) is 5.23. The molecule has 3 fully saturated rings. The van der Waals surface area contributed by atoms with Gasteiger partial charge in [-0.1, -0.05) is 43.2 Å². The molecule has 1 aromatic rings. The van der Waals surface area contributed by atoms with E-state index in [0.29, 0.717) is 45.7 Å². The van der Waals surface area contributed by atoms with Crippen LogP contribution < -0.4 is 0 Å². The topological polar surface area (TPSA) is 49.9 Å². The number of nitrogens with zero attached hydrogens (tertiary/aromatic N) is 2. The Hall–Kier alpha value is -1.88. The zero-order valence-corrected chi connectivity index (χ0v) is 16.1. The molecule has 5 nitrogen and oxygen atoms in total. The zero-order chi connectivity index (χ0) is 18.7. The summed E-state index contributed by atoms with van der Waals surface area (Å²) in [6, 6.07) is 10.4. The first-order valence-electron chi connectivity index (χ1n) is 10.4. The van der Waals surface area contributed by atoms with Crippen molar-refractivity contribution in [1.82, 2.24) is 9.80 Å². The molecule has 2 aliphatic heterocycles. The van der Waals surface area contributed by atoms with E-state index in [2.05, 4.69) is 12.1 Å². The van der Waals surface area contributed by atoms with Crippen molar-refractivity contribution in [3.05, 3.63) is 35.9 Å². The fraction of sp³-hybridized carbons (Fsp3) is 0.636. The average molecular weight is 370 g/mol. The van der Waals surface area contributed by atoms with Crippen molar-refractivity contribution < 1.29 is 14.3 Å². The van der Waals surface area contributed by atoms with Crippen molar-refractivity contribution in [2.75, 3.05) is 32.8 Å². The third-order valence-corrected chi connectivity index (χ3v) is 6.68. The summed E-state index contributed by atoms with van der Waals surface area (Å²) in [6.45, 7) is 3.34. The SMILES string of the molecule is O=C1CC[C@@]2(C(=O)N3CCOCC3)CCCC[C@@H]2N1CCc1ccccc1. The lowest BCUT2D eigenvalue weighted by atomic mass is 9.64. The Balaban J connectivity index is 1.54. The van der Waals surface area contributed by atoms with E-state index >= 15 is 0 Å². The van der Waals surface area contributed by atoms with Gasteiger partial charge in [0.25, 0.3) is 0 Å². The summed E-state index contributed by atoms with van der Waals surface area (Å²) in [6.07, 6.45) is 6.14. The third kappa shape index (κ3) is 3.62. The van der Waals surface area contributed by atoms with Gasteiger partial charge in [-0.25, -0.2) is 0 Å². The summed E-state index contributed by atoms with van der Waals surface area (Å²) >= 11 is 0. The molecular formula is C22H30N2O3. The highest BCUT2D eigenvalue weighted by Gasteiger charge is 2.54. The van der Waals surface area contributed by atoms with E-state index in [9.17, 15) is 9.59 Å². The maximum Gasteiger partial charge on any atom is 0.231 e. The predicted octanol–water partition coefficient (Wildman–Crippen LogP) is 2.64. The number of fused-ring (bicyclic) bond motifs is 1. The second kappa shape index (κ2) is 8.01. The molecule has 0 bridgehead atoms. The van der Waals surface area contributed by atoms with Gasteiger partial charge in [0.1, 0.15) is 0 Å². The lowest BCUT2D eigenvalue weighted by Gasteiger charge is -2.53. The van der Waals surface area contributed by atoms with Crippen LogP contribution in [0.5, 0.6) is 0 Å². The summed E-state index contributed by atoms with van der Waals surface area (Å²) in [4.78, 5) is 30.4. The Labute approximate surface area is 161 Å². The fourth-order valence-electron chi connectivity index (χ4n) is 5.23. The zero-order valence-electron chi connectivity index (χ0n) is 16.1. The van der Waals surface area contributed by atoms with Crippen molar-refractivity contribution in [2.45, 2.75) is 51.0 Å². The van der Waals surface area contributed by atoms with E-state index in [1.165, 1.54) is 5.56 Å². The van der Waals surface area contributed by atoms with E-state index in [4.69, 9.17) is 4.74 Å². The molecule has 1 aliphatic carbocycles. The standard InChI is InChI=1S/C22H30N2O3/c25-20-9-12-22(21(26)23-14-16-27-17-15-23)11-5-4-8-19(22)24(20)13-10-18-6-2-1-3-7-18/h1-3,6-7,19H,4-5,8-17H2/t19-,22-/m0/s1. The summed E-state index contributed by atoms with van der Waals surface area (Å²) in [5, 5.41) is 0. The van der Waals surface area contributed by atoms with Crippen molar-refractivity contribution in [2.24, 2.45) is 5.41 Å². The minimum Gasteiger partial charge on any atom is -0.378 e.